The number of aromatic amines is 1. The number of aromatic nitrogens is 3. The van der Waals surface area contributed by atoms with Crippen LogP contribution in [-0.4, -0.2) is 64.4 Å². The van der Waals surface area contributed by atoms with Crippen molar-refractivity contribution in [1.82, 2.24) is 19.9 Å². The number of methoxy groups -OCH3 is 1. The Morgan fingerprint density at radius 3 is 2.83 bits per heavy atom. The monoisotopic (exact) mass is 395 g/mol. The van der Waals surface area contributed by atoms with E-state index in [1.54, 1.807) is 13.4 Å². The maximum Gasteiger partial charge on any atom is 0.142 e. The molecule has 0 saturated carbocycles. The van der Waals surface area contributed by atoms with E-state index in [0.717, 1.165) is 55.2 Å². The van der Waals surface area contributed by atoms with Crippen molar-refractivity contribution in [2.75, 3.05) is 38.3 Å². The van der Waals surface area contributed by atoms with Crippen LogP contribution in [0.3, 0.4) is 0 Å². The second-order valence-electron chi connectivity index (χ2n) is 7.70. The number of nitrogens with zero attached hydrogens (tertiary/aromatic N) is 4. The lowest BCUT2D eigenvalue weighted by Gasteiger charge is -2.42. The Kier molecular flexibility index (Phi) is 5.69. The maximum absolute atomic E-state index is 9.67. The van der Waals surface area contributed by atoms with E-state index >= 15 is 0 Å². The molecule has 29 heavy (non-hydrogen) atoms. The Bertz CT molecular complexity index is 986. The first-order valence-electron chi connectivity index (χ1n) is 10.1. The van der Waals surface area contributed by atoms with Gasteiger partial charge in [0.2, 0.25) is 0 Å². The quantitative estimate of drug-likeness (QED) is 0.668. The van der Waals surface area contributed by atoms with Crippen LogP contribution in [0.5, 0.6) is 5.75 Å². The SMILES string of the molecule is COc1ccc(CN2CCN(c3ncnc4[nH]ccc34)C[C@@H]2CCO)c(C)c1C. The maximum atomic E-state index is 9.67. The van der Waals surface area contributed by atoms with E-state index in [-0.39, 0.29) is 12.6 Å². The highest BCUT2D eigenvalue weighted by Gasteiger charge is 2.29. The van der Waals surface area contributed by atoms with Gasteiger partial charge in [-0.05, 0) is 49.1 Å². The molecule has 4 rings (SSSR count). The normalized spacial score (nSPS) is 17.8. The standard InChI is InChI=1S/C22H29N5O2/c1-15-16(2)20(29-3)5-4-17(15)12-26-9-10-27(13-18(26)7-11-28)22-19-6-8-23-21(19)24-14-25-22/h4-6,8,14,18,28H,7,9-13H2,1-3H3,(H,23,24,25)/t18-/m0/s1. The van der Waals surface area contributed by atoms with E-state index in [0.29, 0.717) is 0 Å². The lowest BCUT2D eigenvalue weighted by atomic mass is 10.00. The van der Waals surface area contributed by atoms with Gasteiger partial charge in [0.25, 0.3) is 0 Å². The zero-order valence-electron chi connectivity index (χ0n) is 17.4. The molecule has 1 aliphatic rings. The van der Waals surface area contributed by atoms with Crippen LogP contribution in [0, 0.1) is 13.8 Å². The van der Waals surface area contributed by atoms with Crippen LogP contribution in [0.1, 0.15) is 23.1 Å². The number of aliphatic hydroxyl groups excluding tert-OH is 1. The average molecular weight is 396 g/mol. The van der Waals surface area contributed by atoms with Gasteiger partial charge in [-0.25, -0.2) is 9.97 Å². The summed E-state index contributed by atoms with van der Waals surface area (Å²) in [5.41, 5.74) is 4.65. The molecule has 0 radical (unpaired) electrons. The highest BCUT2D eigenvalue weighted by molar-refractivity contribution is 5.87. The van der Waals surface area contributed by atoms with Gasteiger partial charge in [-0.15, -0.1) is 0 Å². The molecular weight excluding hydrogens is 366 g/mol. The molecule has 0 unspecified atom stereocenters. The smallest absolute Gasteiger partial charge is 0.142 e. The van der Waals surface area contributed by atoms with Gasteiger partial charge in [0.05, 0.1) is 12.5 Å². The molecule has 2 N–H and O–H groups in total. The van der Waals surface area contributed by atoms with Gasteiger partial charge in [0.1, 0.15) is 23.5 Å². The van der Waals surface area contributed by atoms with Crippen molar-refractivity contribution in [3.8, 4) is 5.75 Å². The molecular formula is C22H29N5O2. The summed E-state index contributed by atoms with van der Waals surface area (Å²) in [6.07, 6.45) is 4.26. The second kappa shape index (κ2) is 8.39. The molecule has 1 fully saturated rings. The lowest BCUT2D eigenvalue weighted by molar-refractivity contribution is 0.135. The fourth-order valence-electron chi connectivity index (χ4n) is 4.29. The number of nitrogens with one attached hydrogen (secondary N) is 1. The molecule has 1 atom stereocenters. The first-order valence-corrected chi connectivity index (χ1v) is 10.1. The fourth-order valence-corrected chi connectivity index (χ4v) is 4.29. The molecule has 3 heterocycles. The number of rotatable bonds is 6. The molecule has 0 aliphatic carbocycles. The molecule has 0 bridgehead atoms. The number of fused-ring (bicyclic) bond motifs is 1. The summed E-state index contributed by atoms with van der Waals surface area (Å²) in [4.78, 5) is 16.8. The number of anilines is 1. The third-order valence-electron chi connectivity index (χ3n) is 6.14. The molecule has 154 valence electrons. The number of hydrogen-bond acceptors (Lipinski definition) is 6. The molecule has 7 nitrogen and oxygen atoms in total. The minimum absolute atomic E-state index is 0.180. The fraction of sp³-hybridized carbons (Fsp3) is 0.455. The van der Waals surface area contributed by atoms with Crippen molar-refractivity contribution in [1.29, 1.82) is 0 Å². The summed E-state index contributed by atoms with van der Waals surface area (Å²) in [6, 6.07) is 6.51. The Hall–Kier alpha value is -2.64. The molecule has 0 amide bonds. The number of benzene rings is 1. The Morgan fingerprint density at radius 2 is 2.03 bits per heavy atom. The Labute approximate surface area is 171 Å². The first-order chi connectivity index (χ1) is 14.1. The minimum atomic E-state index is 0.180. The highest BCUT2D eigenvalue weighted by atomic mass is 16.5. The summed E-state index contributed by atoms with van der Waals surface area (Å²) in [6.45, 7) is 7.98. The molecule has 0 spiro atoms. The molecule has 1 saturated heterocycles. The molecule has 1 aliphatic heterocycles. The summed E-state index contributed by atoms with van der Waals surface area (Å²) < 4.78 is 5.45. The zero-order chi connectivity index (χ0) is 20.4. The van der Waals surface area contributed by atoms with Crippen LogP contribution < -0.4 is 9.64 Å². The third kappa shape index (κ3) is 3.80. The molecule has 2 aromatic heterocycles. The van der Waals surface area contributed by atoms with E-state index in [9.17, 15) is 5.11 Å². The van der Waals surface area contributed by atoms with Crippen molar-refractivity contribution in [3.63, 3.8) is 0 Å². The van der Waals surface area contributed by atoms with Gasteiger partial charge < -0.3 is 19.7 Å². The largest absolute Gasteiger partial charge is 0.496 e. The molecule has 1 aromatic carbocycles. The summed E-state index contributed by atoms with van der Waals surface area (Å²) in [5, 5.41) is 10.7. The van der Waals surface area contributed by atoms with Crippen LogP contribution in [-0.2, 0) is 6.54 Å². The Morgan fingerprint density at radius 1 is 1.17 bits per heavy atom. The number of piperazine rings is 1. The van der Waals surface area contributed by atoms with Crippen molar-refractivity contribution in [2.45, 2.75) is 32.9 Å². The van der Waals surface area contributed by atoms with Crippen LogP contribution >= 0.6 is 0 Å². The van der Waals surface area contributed by atoms with Gasteiger partial charge in [-0.2, -0.15) is 0 Å². The zero-order valence-corrected chi connectivity index (χ0v) is 17.4. The minimum Gasteiger partial charge on any atom is -0.496 e. The van der Waals surface area contributed by atoms with Crippen molar-refractivity contribution in [2.24, 2.45) is 0 Å². The number of aliphatic hydroxyl groups is 1. The van der Waals surface area contributed by atoms with Gasteiger partial charge in [0.15, 0.2) is 0 Å². The van der Waals surface area contributed by atoms with Crippen LogP contribution in [0.25, 0.3) is 11.0 Å². The van der Waals surface area contributed by atoms with E-state index in [1.807, 2.05) is 12.3 Å². The van der Waals surface area contributed by atoms with Crippen LogP contribution in [0.2, 0.25) is 0 Å². The van der Waals surface area contributed by atoms with E-state index in [4.69, 9.17) is 4.74 Å². The predicted octanol–water partition coefficient (Wildman–Crippen LogP) is 2.66. The second-order valence-corrected chi connectivity index (χ2v) is 7.70. The van der Waals surface area contributed by atoms with Crippen LogP contribution in [0.15, 0.2) is 30.7 Å². The molecule has 7 heteroatoms. The summed E-state index contributed by atoms with van der Waals surface area (Å²) in [5.74, 6) is 1.90. The van der Waals surface area contributed by atoms with Gasteiger partial charge in [-0.1, -0.05) is 6.07 Å². The van der Waals surface area contributed by atoms with Crippen molar-refractivity contribution >= 4 is 16.9 Å². The van der Waals surface area contributed by atoms with Gasteiger partial charge in [0, 0.05) is 45.0 Å². The number of hydrogen-bond donors (Lipinski definition) is 2. The summed E-state index contributed by atoms with van der Waals surface area (Å²) >= 11 is 0. The Balaban J connectivity index is 1.55. The number of ether oxygens (including phenoxy) is 1. The average Bonchev–Trinajstić information content (AvgIpc) is 3.22. The first kappa shape index (κ1) is 19.7. The highest BCUT2D eigenvalue weighted by Crippen LogP contribution is 2.28. The summed E-state index contributed by atoms with van der Waals surface area (Å²) in [7, 11) is 1.71. The van der Waals surface area contributed by atoms with Gasteiger partial charge >= 0.3 is 0 Å². The van der Waals surface area contributed by atoms with E-state index in [1.165, 1.54) is 16.7 Å². The van der Waals surface area contributed by atoms with Gasteiger partial charge in [-0.3, -0.25) is 4.90 Å². The third-order valence-corrected chi connectivity index (χ3v) is 6.14. The number of H-pyrrole nitrogens is 1. The van der Waals surface area contributed by atoms with E-state index in [2.05, 4.69) is 50.7 Å². The molecule has 3 aromatic rings. The lowest BCUT2D eigenvalue weighted by Crippen LogP contribution is -2.53. The topological polar surface area (TPSA) is 77.5 Å². The van der Waals surface area contributed by atoms with Crippen molar-refractivity contribution in [3.05, 3.63) is 47.4 Å². The predicted molar refractivity (Wildman–Crippen MR) is 114 cm³/mol. The van der Waals surface area contributed by atoms with Crippen molar-refractivity contribution < 1.29 is 9.84 Å². The van der Waals surface area contributed by atoms with Crippen LogP contribution in [0.4, 0.5) is 5.82 Å². The van der Waals surface area contributed by atoms with E-state index < -0.39 is 0 Å².